The number of carbonyl (C=O) groups excluding carboxylic acids is 1. The van der Waals surface area contributed by atoms with Crippen molar-refractivity contribution in [2.45, 2.75) is 0 Å². The molecule has 1 saturated heterocycles. The molecule has 0 unspecified atom stereocenters. The van der Waals surface area contributed by atoms with Gasteiger partial charge in [0.2, 0.25) is 5.88 Å². The van der Waals surface area contributed by atoms with Crippen molar-refractivity contribution in [2.24, 2.45) is 5.92 Å². The Morgan fingerprint density at radius 3 is 2.70 bits per heavy atom. The fourth-order valence-electron chi connectivity index (χ4n) is 2.90. The van der Waals surface area contributed by atoms with Crippen LogP contribution in [-0.4, -0.2) is 40.6 Å². The summed E-state index contributed by atoms with van der Waals surface area (Å²) in [6.45, 7) is 2.15. The average molecular weight is 412 g/mol. The van der Waals surface area contributed by atoms with E-state index in [2.05, 4.69) is 25.6 Å². The third-order valence-electron chi connectivity index (χ3n) is 4.61. The number of nitrogen functional groups attached to an aromatic ring is 1. The number of anilines is 2. The van der Waals surface area contributed by atoms with Crippen molar-refractivity contribution in [2.75, 3.05) is 30.7 Å². The van der Waals surface area contributed by atoms with Gasteiger partial charge in [-0.15, -0.1) is 0 Å². The van der Waals surface area contributed by atoms with E-state index < -0.39 is 17.5 Å². The molecule has 0 atom stereocenters. The number of pyridine rings is 1. The van der Waals surface area contributed by atoms with E-state index in [1.54, 1.807) is 0 Å². The Bertz CT molecular complexity index is 1070. The lowest BCUT2D eigenvalue weighted by molar-refractivity contribution is 0.102. The maximum atomic E-state index is 14.1. The van der Waals surface area contributed by atoms with Gasteiger partial charge in [-0.3, -0.25) is 4.79 Å². The van der Waals surface area contributed by atoms with Crippen LogP contribution in [0.5, 0.6) is 5.88 Å². The zero-order valence-electron chi connectivity index (χ0n) is 15.7. The molecule has 0 saturated carbocycles. The van der Waals surface area contributed by atoms with Gasteiger partial charge in [0, 0.05) is 19.0 Å². The van der Waals surface area contributed by atoms with Crippen molar-refractivity contribution in [1.82, 2.24) is 20.3 Å². The van der Waals surface area contributed by atoms with Gasteiger partial charge in [-0.2, -0.15) is 4.98 Å². The molecule has 1 aromatic carbocycles. The second-order valence-corrected chi connectivity index (χ2v) is 6.76. The summed E-state index contributed by atoms with van der Waals surface area (Å²) in [6, 6.07) is 6.18. The Balaban J connectivity index is 1.58. The fraction of sp³-hybridized carbons (Fsp3) is 0.200. The molecule has 8 nitrogen and oxygen atoms in total. The summed E-state index contributed by atoms with van der Waals surface area (Å²) in [5.41, 5.74) is 5.58. The molecule has 3 aromatic rings. The lowest BCUT2D eigenvalue weighted by Gasteiger charge is -2.26. The largest absolute Gasteiger partial charge is 0.476 e. The number of halogens is 2. The van der Waals surface area contributed by atoms with Crippen LogP contribution < -0.4 is 21.1 Å². The third kappa shape index (κ3) is 4.03. The van der Waals surface area contributed by atoms with E-state index in [1.807, 2.05) is 0 Å². The highest BCUT2D eigenvalue weighted by atomic mass is 19.1. The van der Waals surface area contributed by atoms with Crippen LogP contribution in [0.2, 0.25) is 0 Å². The summed E-state index contributed by atoms with van der Waals surface area (Å²) in [7, 11) is 0. The first-order chi connectivity index (χ1) is 14.5. The number of benzene rings is 1. The number of nitrogens with one attached hydrogen (secondary N) is 2. The van der Waals surface area contributed by atoms with Crippen molar-refractivity contribution < 1.29 is 18.3 Å². The molecule has 1 fully saturated rings. The van der Waals surface area contributed by atoms with E-state index in [0.29, 0.717) is 12.5 Å². The predicted octanol–water partition coefficient (Wildman–Crippen LogP) is 2.25. The molecule has 1 aliphatic heterocycles. The predicted molar refractivity (Wildman–Crippen MR) is 106 cm³/mol. The van der Waals surface area contributed by atoms with Crippen molar-refractivity contribution in [1.29, 1.82) is 0 Å². The SMILES string of the molecule is Nc1ccc(-c2c(F)cccc2F)nc1C(=O)Nc1cncnc1OCC1CNC1. The van der Waals surface area contributed by atoms with Gasteiger partial charge in [0.1, 0.15) is 23.6 Å². The number of nitrogens with zero attached hydrogens (tertiary/aromatic N) is 3. The maximum absolute atomic E-state index is 14.1. The van der Waals surface area contributed by atoms with Crippen molar-refractivity contribution >= 4 is 17.3 Å². The van der Waals surface area contributed by atoms with E-state index >= 15 is 0 Å². The second kappa shape index (κ2) is 8.37. The Kier molecular flexibility index (Phi) is 5.48. The zero-order valence-corrected chi connectivity index (χ0v) is 15.7. The van der Waals surface area contributed by atoms with Crippen LogP contribution in [0.1, 0.15) is 10.5 Å². The summed E-state index contributed by atoms with van der Waals surface area (Å²) >= 11 is 0. The number of aromatic nitrogens is 3. The third-order valence-corrected chi connectivity index (χ3v) is 4.61. The van der Waals surface area contributed by atoms with Crippen molar-refractivity contribution in [3.63, 3.8) is 0 Å². The van der Waals surface area contributed by atoms with Crippen LogP contribution in [0.15, 0.2) is 42.9 Å². The highest BCUT2D eigenvalue weighted by Crippen LogP contribution is 2.27. The second-order valence-electron chi connectivity index (χ2n) is 6.76. The number of hydrogen-bond acceptors (Lipinski definition) is 7. The van der Waals surface area contributed by atoms with E-state index in [1.165, 1.54) is 30.7 Å². The van der Waals surface area contributed by atoms with Gasteiger partial charge in [0.25, 0.3) is 5.91 Å². The molecular formula is C20H18F2N6O2. The Hall–Kier alpha value is -3.66. The van der Waals surface area contributed by atoms with Crippen molar-refractivity contribution in [3.8, 4) is 17.1 Å². The number of amides is 1. The molecule has 0 aliphatic carbocycles. The van der Waals surface area contributed by atoms with Gasteiger partial charge in [0.05, 0.1) is 29.7 Å². The molecule has 154 valence electrons. The van der Waals surface area contributed by atoms with Gasteiger partial charge in [-0.05, 0) is 24.3 Å². The molecule has 0 spiro atoms. The first-order valence-corrected chi connectivity index (χ1v) is 9.18. The van der Waals surface area contributed by atoms with Crippen LogP contribution in [0.3, 0.4) is 0 Å². The molecule has 30 heavy (non-hydrogen) atoms. The molecular weight excluding hydrogens is 394 g/mol. The van der Waals surface area contributed by atoms with Gasteiger partial charge in [-0.25, -0.2) is 18.7 Å². The lowest BCUT2D eigenvalue weighted by atomic mass is 10.1. The van der Waals surface area contributed by atoms with Gasteiger partial charge >= 0.3 is 0 Å². The molecule has 0 bridgehead atoms. The van der Waals surface area contributed by atoms with Crippen LogP contribution in [0.25, 0.3) is 11.3 Å². The minimum atomic E-state index is -0.795. The molecule has 4 N–H and O–H groups in total. The Morgan fingerprint density at radius 2 is 2.00 bits per heavy atom. The lowest BCUT2D eigenvalue weighted by Crippen LogP contribution is -2.45. The molecule has 0 radical (unpaired) electrons. The van der Waals surface area contributed by atoms with Crippen molar-refractivity contribution in [3.05, 3.63) is 60.2 Å². The van der Waals surface area contributed by atoms with Crippen LogP contribution >= 0.6 is 0 Å². The minimum Gasteiger partial charge on any atom is -0.476 e. The van der Waals surface area contributed by atoms with E-state index in [-0.39, 0.29) is 34.2 Å². The number of hydrogen-bond donors (Lipinski definition) is 3. The molecule has 1 aliphatic rings. The van der Waals surface area contributed by atoms with E-state index in [0.717, 1.165) is 25.2 Å². The van der Waals surface area contributed by atoms with Crippen LogP contribution in [0.4, 0.5) is 20.2 Å². The smallest absolute Gasteiger partial charge is 0.276 e. The topological polar surface area (TPSA) is 115 Å². The van der Waals surface area contributed by atoms with Crippen LogP contribution in [0, 0.1) is 17.6 Å². The highest BCUT2D eigenvalue weighted by molar-refractivity contribution is 6.07. The van der Waals surface area contributed by atoms with Gasteiger partial charge in [0.15, 0.2) is 5.69 Å². The fourth-order valence-corrected chi connectivity index (χ4v) is 2.90. The average Bonchev–Trinajstić information content (AvgIpc) is 2.69. The summed E-state index contributed by atoms with van der Waals surface area (Å²) in [5, 5.41) is 5.74. The summed E-state index contributed by atoms with van der Waals surface area (Å²) < 4.78 is 33.9. The molecule has 4 rings (SSSR count). The van der Waals surface area contributed by atoms with Gasteiger partial charge < -0.3 is 21.1 Å². The highest BCUT2D eigenvalue weighted by Gasteiger charge is 2.21. The molecule has 2 aromatic heterocycles. The quantitative estimate of drug-likeness (QED) is 0.569. The zero-order chi connectivity index (χ0) is 21.1. The van der Waals surface area contributed by atoms with E-state index in [4.69, 9.17) is 10.5 Å². The number of carbonyl (C=O) groups is 1. The standard InChI is InChI=1S/C20H18F2N6O2/c21-12-2-1-3-13(22)17(12)15-5-4-14(23)18(27-15)19(29)28-16-8-25-10-26-20(16)30-9-11-6-24-7-11/h1-5,8,10-11,24H,6-7,9,23H2,(H,28,29). The molecule has 3 heterocycles. The molecule has 1 amide bonds. The number of ether oxygens (including phenoxy) is 1. The monoisotopic (exact) mass is 412 g/mol. The molecule has 10 heteroatoms. The summed E-state index contributed by atoms with van der Waals surface area (Å²) in [5.74, 6) is -1.70. The van der Waals surface area contributed by atoms with E-state index in [9.17, 15) is 13.6 Å². The number of rotatable bonds is 6. The summed E-state index contributed by atoms with van der Waals surface area (Å²) in [6.07, 6.45) is 2.69. The first-order valence-electron chi connectivity index (χ1n) is 9.18. The Morgan fingerprint density at radius 1 is 1.23 bits per heavy atom. The Labute approximate surface area is 170 Å². The first kappa shape index (κ1) is 19.6. The maximum Gasteiger partial charge on any atom is 0.276 e. The minimum absolute atomic E-state index is 0.0489. The summed E-state index contributed by atoms with van der Waals surface area (Å²) in [4.78, 5) is 24.8. The normalized spacial score (nSPS) is 13.5. The van der Waals surface area contributed by atoms with Gasteiger partial charge in [-0.1, -0.05) is 6.07 Å². The van der Waals surface area contributed by atoms with Crippen LogP contribution in [-0.2, 0) is 0 Å². The number of nitrogens with two attached hydrogens (primary N) is 1.